The average Bonchev–Trinajstić information content (AvgIpc) is 3.15. The topological polar surface area (TPSA) is 102 Å². The van der Waals surface area contributed by atoms with E-state index in [1.165, 1.54) is 19.3 Å². The van der Waals surface area contributed by atoms with Crippen molar-refractivity contribution in [3.05, 3.63) is 60.7 Å². The molecule has 0 saturated heterocycles. The highest BCUT2D eigenvalue weighted by atomic mass is 32.2. The number of rotatable bonds is 6. The van der Waals surface area contributed by atoms with Gasteiger partial charge in [0.2, 0.25) is 10.0 Å². The Bertz CT molecular complexity index is 890. The molecule has 124 valence electrons. The normalized spacial score (nSPS) is 11.4. The molecular weight excluding hydrogens is 328 g/mol. The first-order chi connectivity index (χ1) is 11.6. The van der Waals surface area contributed by atoms with Crippen molar-refractivity contribution in [2.75, 3.05) is 12.4 Å². The van der Waals surface area contributed by atoms with Crippen molar-refractivity contribution < 1.29 is 8.42 Å². The highest BCUT2D eigenvalue weighted by Crippen LogP contribution is 2.12. The minimum Gasteiger partial charge on any atom is -0.366 e. The van der Waals surface area contributed by atoms with Gasteiger partial charge in [-0.15, -0.1) is 0 Å². The van der Waals surface area contributed by atoms with Crippen molar-refractivity contribution in [3.8, 4) is 5.82 Å². The van der Waals surface area contributed by atoms with Crippen LogP contribution < -0.4 is 10.0 Å². The first-order valence-electron chi connectivity index (χ1n) is 7.17. The molecule has 3 heterocycles. The van der Waals surface area contributed by atoms with Crippen LogP contribution in [0.2, 0.25) is 0 Å². The zero-order valence-corrected chi connectivity index (χ0v) is 13.7. The second-order valence-corrected chi connectivity index (χ2v) is 6.80. The highest BCUT2D eigenvalue weighted by Gasteiger charge is 2.11. The Hall–Kier alpha value is -2.78. The third-order valence-corrected chi connectivity index (χ3v) is 4.74. The smallest absolute Gasteiger partial charge is 0.241 e. The van der Waals surface area contributed by atoms with Crippen molar-refractivity contribution >= 4 is 15.8 Å². The third kappa shape index (κ3) is 3.58. The van der Waals surface area contributed by atoms with Gasteiger partial charge in [0.25, 0.3) is 0 Å². The zero-order valence-electron chi connectivity index (χ0n) is 12.9. The Morgan fingerprint density at radius 1 is 1.12 bits per heavy atom. The van der Waals surface area contributed by atoms with Crippen LogP contribution in [-0.4, -0.2) is 35.2 Å². The number of sulfonamides is 1. The van der Waals surface area contributed by atoms with E-state index in [2.05, 4.69) is 25.1 Å². The van der Waals surface area contributed by atoms with E-state index in [1.807, 2.05) is 24.4 Å². The van der Waals surface area contributed by atoms with Gasteiger partial charge in [0, 0.05) is 31.3 Å². The van der Waals surface area contributed by atoms with Crippen molar-refractivity contribution in [3.63, 3.8) is 0 Å². The summed E-state index contributed by atoms with van der Waals surface area (Å²) in [4.78, 5) is 8.57. The van der Waals surface area contributed by atoms with E-state index in [-0.39, 0.29) is 4.90 Å². The monoisotopic (exact) mass is 344 g/mol. The van der Waals surface area contributed by atoms with Crippen LogP contribution in [0.15, 0.2) is 60.0 Å². The molecule has 0 saturated carbocycles. The molecule has 0 aliphatic heterocycles. The van der Waals surface area contributed by atoms with Crippen LogP contribution >= 0.6 is 0 Å². The first-order valence-corrected chi connectivity index (χ1v) is 8.65. The number of hydrogen-bond acceptors (Lipinski definition) is 6. The van der Waals surface area contributed by atoms with E-state index in [0.29, 0.717) is 12.4 Å². The second kappa shape index (κ2) is 6.77. The summed E-state index contributed by atoms with van der Waals surface area (Å²) < 4.78 is 27.2. The molecule has 0 aliphatic rings. The quantitative estimate of drug-likeness (QED) is 0.696. The molecule has 0 radical (unpaired) electrons. The molecule has 2 N–H and O–H groups in total. The Morgan fingerprint density at radius 2 is 2.00 bits per heavy atom. The van der Waals surface area contributed by atoms with Crippen molar-refractivity contribution in [1.29, 1.82) is 0 Å². The van der Waals surface area contributed by atoms with Crippen LogP contribution in [0.25, 0.3) is 5.82 Å². The third-order valence-electron chi connectivity index (χ3n) is 3.34. The van der Waals surface area contributed by atoms with E-state index in [9.17, 15) is 8.42 Å². The number of nitrogens with one attached hydrogen (secondary N) is 2. The molecule has 0 fully saturated rings. The number of hydrogen-bond donors (Lipinski definition) is 2. The van der Waals surface area contributed by atoms with Crippen LogP contribution in [0.3, 0.4) is 0 Å². The molecule has 0 unspecified atom stereocenters. The van der Waals surface area contributed by atoms with E-state index in [0.717, 1.165) is 11.4 Å². The predicted molar refractivity (Wildman–Crippen MR) is 89.2 cm³/mol. The molecule has 3 rings (SSSR count). The fourth-order valence-electron chi connectivity index (χ4n) is 2.02. The highest BCUT2D eigenvalue weighted by molar-refractivity contribution is 7.89. The minimum atomic E-state index is -3.47. The number of nitrogens with zero attached hydrogens (tertiary/aromatic N) is 4. The predicted octanol–water partition coefficient (Wildman–Crippen LogP) is 1.18. The van der Waals surface area contributed by atoms with Gasteiger partial charge in [-0.2, -0.15) is 5.10 Å². The molecule has 24 heavy (non-hydrogen) atoms. The van der Waals surface area contributed by atoms with Gasteiger partial charge in [-0.1, -0.05) is 6.07 Å². The van der Waals surface area contributed by atoms with Gasteiger partial charge in [-0.3, -0.25) is 0 Å². The Balaban J connectivity index is 1.63. The lowest BCUT2D eigenvalue weighted by atomic mass is 10.3. The molecule has 0 amide bonds. The van der Waals surface area contributed by atoms with Crippen molar-refractivity contribution in [2.24, 2.45) is 0 Å². The number of pyridine rings is 2. The number of anilines is 1. The van der Waals surface area contributed by atoms with Crippen LogP contribution in [-0.2, 0) is 16.6 Å². The summed E-state index contributed by atoms with van der Waals surface area (Å²) in [5.74, 6) is 1.32. The summed E-state index contributed by atoms with van der Waals surface area (Å²) in [5, 5.41) is 7.24. The molecule has 0 aliphatic carbocycles. The lowest BCUT2D eigenvalue weighted by Crippen LogP contribution is -2.18. The summed E-state index contributed by atoms with van der Waals surface area (Å²) >= 11 is 0. The molecule has 3 aromatic heterocycles. The van der Waals surface area contributed by atoms with Crippen LogP contribution in [0.4, 0.5) is 5.82 Å². The molecule has 0 spiro atoms. The molecule has 0 aromatic carbocycles. The zero-order chi connectivity index (χ0) is 17.0. The summed E-state index contributed by atoms with van der Waals surface area (Å²) in [5.41, 5.74) is 0.972. The molecule has 3 aromatic rings. The molecule has 0 atom stereocenters. The Morgan fingerprint density at radius 3 is 2.58 bits per heavy atom. The SMILES string of the molecule is CNS(=O)(=O)c1ccc(NCc2ccc(-n3cccn3)nc2)nc1. The van der Waals surface area contributed by atoms with Gasteiger partial charge >= 0.3 is 0 Å². The number of aromatic nitrogens is 4. The maximum Gasteiger partial charge on any atom is 0.241 e. The van der Waals surface area contributed by atoms with Gasteiger partial charge in [-0.05, 0) is 36.9 Å². The van der Waals surface area contributed by atoms with Gasteiger partial charge < -0.3 is 5.32 Å². The van der Waals surface area contributed by atoms with Crippen molar-refractivity contribution in [2.45, 2.75) is 11.4 Å². The van der Waals surface area contributed by atoms with E-state index in [4.69, 9.17) is 0 Å². The molecule has 9 heteroatoms. The van der Waals surface area contributed by atoms with E-state index >= 15 is 0 Å². The second-order valence-electron chi connectivity index (χ2n) is 4.92. The van der Waals surface area contributed by atoms with Gasteiger partial charge in [-0.25, -0.2) is 27.8 Å². The van der Waals surface area contributed by atoms with Crippen LogP contribution in [0.5, 0.6) is 0 Å². The van der Waals surface area contributed by atoms with Gasteiger partial charge in [0.1, 0.15) is 10.7 Å². The fraction of sp³-hybridized carbons (Fsp3) is 0.133. The summed E-state index contributed by atoms with van der Waals surface area (Å²) in [6.07, 6.45) is 6.59. The van der Waals surface area contributed by atoms with Crippen LogP contribution in [0, 0.1) is 0 Å². The maximum atomic E-state index is 11.6. The molecular formula is C15H16N6O2S. The molecule has 0 bridgehead atoms. The van der Waals surface area contributed by atoms with Crippen LogP contribution in [0.1, 0.15) is 5.56 Å². The summed E-state index contributed by atoms with van der Waals surface area (Å²) in [6, 6.07) is 8.77. The largest absolute Gasteiger partial charge is 0.366 e. The standard InChI is InChI=1S/C15H16N6O2S/c1-16-24(22,23)13-4-5-14(18-11-13)17-9-12-3-6-15(19-10-12)21-8-2-7-20-21/h2-8,10-11,16H,9H2,1H3,(H,17,18). The average molecular weight is 344 g/mol. The molecule has 8 nitrogen and oxygen atoms in total. The van der Waals surface area contributed by atoms with E-state index < -0.39 is 10.0 Å². The van der Waals surface area contributed by atoms with Gasteiger partial charge in [0.15, 0.2) is 5.82 Å². The van der Waals surface area contributed by atoms with E-state index in [1.54, 1.807) is 23.1 Å². The summed E-state index contributed by atoms with van der Waals surface area (Å²) in [6.45, 7) is 0.525. The lowest BCUT2D eigenvalue weighted by molar-refractivity contribution is 0.588. The fourth-order valence-corrected chi connectivity index (χ4v) is 2.69. The minimum absolute atomic E-state index is 0.126. The first kappa shape index (κ1) is 16.1. The van der Waals surface area contributed by atoms with Gasteiger partial charge in [0.05, 0.1) is 0 Å². The summed E-state index contributed by atoms with van der Waals surface area (Å²) in [7, 11) is -2.10. The maximum absolute atomic E-state index is 11.6. The lowest BCUT2D eigenvalue weighted by Gasteiger charge is -2.07. The Labute approximate surface area is 139 Å². The van der Waals surface area contributed by atoms with Crippen molar-refractivity contribution in [1.82, 2.24) is 24.5 Å². The Kier molecular flexibility index (Phi) is 4.54.